The Balaban J connectivity index is 2.03. The van der Waals surface area contributed by atoms with Gasteiger partial charge in [-0.25, -0.2) is 0 Å². The van der Waals surface area contributed by atoms with Crippen molar-refractivity contribution in [2.24, 2.45) is 0 Å². The zero-order chi connectivity index (χ0) is 14.8. The Bertz CT molecular complexity index is 727. The molecule has 0 bridgehead atoms. The summed E-state index contributed by atoms with van der Waals surface area (Å²) in [5.41, 5.74) is 9.21. The van der Waals surface area contributed by atoms with Crippen LogP contribution in [0, 0.1) is 20.8 Å². The van der Waals surface area contributed by atoms with Crippen LogP contribution < -0.4 is 0 Å². The molecule has 0 unspecified atom stereocenters. The molecule has 0 fully saturated rings. The van der Waals surface area contributed by atoms with Crippen molar-refractivity contribution in [2.75, 3.05) is 0 Å². The lowest BCUT2D eigenvalue weighted by atomic mass is 9.92. The molecule has 3 aromatic rings. The van der Waals surface area contributed by atoms with Crippen molar-refractivity contribution in [3.8, 4) is 22.3 Å². The first kappa shape index (κ1) is 13.6. The minimum Gasteiger partial charge on any atom is -0.0622 e. The molecular weight excluding hydrogens is 252 g/mol. The molecular formula is C21H20. The van der Waals surface area contributed by atoms with Gasteiger partial charge in [-0.2, -0.15) is 0 Å². The summed E-state index contributed by atoms with van der Waals surface area (Å²) < 4.78 is 0. The van der Waals surface area contributed by atoms with Crippen molar-refractivity contribution >= 4 is 0 Å². The Morgan fingerprint density at radius 2 is 1.00 bits per heavy atom. The van der Waals surface area contributed by atoms with Crippen LogP contribution in [0.5, 0.6) is 0 Å². The summed E-state index contributed by atoms with van der Waals surface area (Å²) in [4.78, 5) is 0. The van der Waals surface area contributed by atoms with Crippen molar-refractivity contribution in [1.29, 1.82) is 0 Å². The van der Waals surface area contributed by atoms with E-state index in [0.29, 0.717) is 0 Å². The van der Waals surface area contributed by atoms with Gasteiger partial charge in [0.1, 0.15) is 0 Å². The maximum atomic E-state index is 2.26. The van der Waals surface area contributed by atoms with Gasteiger partial charge in [0.2, 0.25) is 0 Å². The average molecular weight is 272 g/mol. The van der Waals surface area contributed by atoms with Crippen molar-refractivity contribution in [1.82, 2.24) is 0 Å². The molecule has 0 atom stereocenters. The van der Waals surface area contributed by atoms with Crippen LogP contribution >= 0.6 is 0 Å². The third-order valence-corrected chi connectivity index (χ3v) is 3.96. The molecule has 0 nitrogen and oxygen atoms in total. The molecule has 0 N–H and O–H groups in total. The van der Waals surface area contributed by atoms with Crippen LogP contribution in [-0.4, -0.2) is 0 Å². The Morgan fingerprint density at radius 3 is 1.57 bits per heavy atom. The van der Waals surface area contributed by atoms with Gasteiger partial charge in [-0.15, -0.1) is 0 Å². The maximum Gasteiger partial charge on any atom is -0.0125 e. The average Bonchev–Trinajstić information content (AvgIpc) is 2.48. The Morgan fingerprint density at radius 1 is 0.524 bits per heavy atom. The maximum absolute atomic E-state index is 2.26. The van der Waals surface area contributed by atoms with Crippen LogP contribution in [0.3, 0.4) is 0 Å². The molecule has 0 saturated heterocycles. The SMILES string of the molecule is Cc1cc(C)c(-c2ccc(-c3ccccc3)cc2)c(C)c1. The predicted molar refractivity (Wildman–Crippen MR) is 91.5 cm³/mol. The van der Waals surface area contributed by atoms with E-state index in [4.69, 9.17) is 0 Å². The highest BCUT2D eigenvalue weighted by atomic mass is 14.1. The quantitative estimate of drug-likeness (QED) is 0.541. The smallest absolute Gasteiger partial charge is 0.0125 e. The van der Waals surface area contributed by atoms with E-state index in [2.05, 4.69) is 87.5 Å². The fourth-order valence-electron chi connectivity index (χ4n) is 3.10. The number of hydrogen-bond donors (Lipinski definition) is 0. The fraction of sp³-hybridized carbons (Fsp3) is 0.143. The third kappa shape index (κ3) is 2.75. The normalized spacial score (nSPS) is 10.6. The highest BCUT2D eigenvalue weighted by Crippen LogP contribution is 2.30. The standard InChI is InChI=1S/C21H20/c1-15-13-16(2)21(17(3)14-15)20-11-9-19(10-12-20)18-7-5-4-6-8-18/h4-14H,1-3H3. The molecule has 3 aromatic carbocycles. The van der Waals surface area contributed by atoms with Crippen LogP contribution in [0.25, 0.3) is 22.3 Å². The van der Waals surface area contributed by atoms with E-state index in [1.165, 1.54) is 38.9 Å². The fourth-order valence-corrected chi connectivity index (χ4v) is 3.10. The molecule has 0 saturated carbocycles. The molecule has 0 aromatic heterocycles. The van der Waals surface area contributed by atoms with Gasteiger partial charge in [-0.05, 0) is 54.2 Å². The second-order valence-electron chi connectivity index (χ2n) is 5.72. The van der Waals surface area contributed by atoms with Crippen LogP contribution in [0.2, 0.25) is 0 Å². The van der Waals surface area contributed by atoms with Gasteiger partial charge in [0.15, 0.2) is 0 Å². The summed E-state index contributed by atoms with van der Waals surface area (Å²) in [6.45, 7) is 6.54. The Hall–Kier alpha value is -2.34. The molecule has 0 aliphatic carbocycles. The molecule has 0 heteroatoms. The van der Waals surface area contributed by atoms with Gasteiger partial charge >= 0.3 is 0 Å². The van der Waals surface area contributed by atoms with E-state index >= 15 is 0 Å². The first-order valence-corrected chi connectivity index (χ1v) is 7.39. The number of benzene rings is 3. The minimum absolute atomic E-state index is 1.27. The number of rotatable bonds is 2. The van der Waals surface area contributed by atoms with E-state index in [9.17, 15) is 0 Å². The molecule has 0 radical (unpaired) electrons. The number of aryl methyl sites for hydroxylation is 3. The van der Waals surface area contributed by atoms with Gasteiger partial charge in [0, 0.05) is 0 Å². The summed E-state index contributed by atoms with van der Waals surface area (Å²) in [5, 5.41) is 0. The van der Waals surface area contributed by atoms with Gasteiger partial charge in [-0.1, -0.05) is 72.3 Å². The molecule has 0 amide bonds. The summed E-state index contributed by atoms with van der Waals surface area (Å²) >= 11 is 0. The summed E-state index contributed by atoms with van der Waals surface area (Å²) in [5.74, 6) is 0. The molecule has 21 heavy (non-hydrogen) atoms. The highest BCUT2D eigenvalue weighted by Gasteiger charge is 2.07. The van der Waals surface area contributed by atoms with Crippen LogP contribution in [-0.2, 0) is 0 Å². The van der Waals surface area contributed by atoms with Crippen LogP contribution in [0.15, 0.2) is 66.7 Å². The van der Waals surface area contributed by atoms with E-state index in [1.807, 2.05) is 0 Å². The Labute approximate surface area is 127 Å². The molecule has 104 valence electrons. The largest absolute Gasteiger partial charge is 0.0622 e. The summed E-state index contributed by atoms with van der Waals surface area (Å²) in [7, 11) is 0. The van der Waals surface area contributed by atoms with Gasteiger partial charge < -0.3 is 0 Å². The zero-order valence-electron chi connectivity index (χ0n) is 12.9. The molecule has 0 aliphatic rings. The zero-order valence-corrected chi connectivity index (χ0v) is 12.9. The lowest BCUT2D eigenvalue weighted by Gasteiger charge is -2.12. The van der Waals surface area contributed by atoms with Crippen molar-refractivity contribution in [3.05, 3.63) is 83.4 Å². The first-order chi connectivity index (χ1) is 10.1. The van der Waals surface area contributed by atoms with E-state index < -0.39 is 0 Å². The molecule has 0 aliphatic heterocycles. The van der Waals surface area contributed by atoms with Crippen LogP contribution in [0.1, 0.15) is 16.7 Å². The predicted octanol–water partition coefficient (Wildman–Crippen LogP) is 5.95. The second-order valence-corrected chi connectivity index (χ2v) is 5.72. The van der Waals surface area contributed by atoms with E-state index in [1.54, 1.807) is 0 Å². The lowest BCUT2D eigenvalue weighted by Crippen LogP contribution is -1.90. The van der Waals surface area contributed by atoms with Crippen LogP contribution in [0.4, 0.5) is 0 Å². The van der Waals surface area contributed by atoms with Crippen molar-refractivity contribution in [2.45, 2.75) is 20.8 Å². The summed E-state index contributed by atoms with van der Waals surface area (Å²) in [6, 6.07) is 23.9. The molecule has 0 heterocycles. The van der Waals surface area contributed by atoms with Crippen molar-refractivity contribution < 1.29 is 0 Å². The first-order valence-electron chi connectivity index (χ1n) is 7.39. The van der Waals surface area contributed by atoms with Gasteiger partial charge in [0.05, 0.1) is 0 Å². The van der Waals surface area contributed by atoms with E-state index in [-0.39, 0.29) is 0 Å². The van der Waals surface area contributed by atoms with Crippen molar-refractivity contribution in [3.63, 3.8) is 0 Å². The molecule has 3 rings (SSSR count). The summed E-state index contributed by atoms with van der Waals surface area (Å²) in [6.07, 6.45) is 0. The molecule has 0 spiro atoms. The topological polar surface area (TPSA) is 0 Å². The Kier molecular flexibility index (Phi) is 3.62. The lowest BCUT2D eigenvalue weighted by molar-refractivity contribution is 1.32. The highest BCUT2D eigenvalue weighted by molar-refractivity contribution is 5.74. The minimum atomic E-state index is 1.27. The number of hydrogen-bond acceptors (Lipinski definition) is 0. The van der Waals surface area contributed by atoms with E-state index in [0.717, 1.165) is 0 Å². The second kappa shape index (κ2) is 5.57. The van der Waals surface area contributed by atoms with Gasteiger partial charge in [-0.3, -0.25) is 0 Å². The van der Waals surface area contributed by atoms with Gasteiger partial charge in [0.25, 0.3) is 0 Å². The third-order valence-electron chi connectivity index (χ3n) is 3.96. The monoisotopic (exact) mass is 272 g/mol.